The van der Waals surface area contributed by atoms with E-state index in [1.54, 1.807) is 13.2 Å². The second-order valence-corrected chi connectivity index (χ2v) is 6.98. The number of hydrogen-bond acceptors (Lipinski definition) is 6. The van der Waals surface area contributed by atoms with Gasteiger partial charge in [-0.3, -0.25) is 4.79 Å². The van der Waals surface area contributed by atoms with Crippen molar-refractivity contribution in [2.45, 2.75) is 13.1 Å². The van der Waals surface area contributed by atoms with Gasteiger partial charge >= 0.3 is 0 Å². The van der Waals surface area contributed by atoms with E-state index in [2.05, 4.69) is 15.4 Å². The Kier molecular flexibility index (Phi) is 5.26. The number of anilines is 1. The number of carbonyl (C=O) groups is 1. The van der Waals surface area contributed by atoms with E-state index >= 15 is 0 Å². The molecule has 0 atom stereocenters. The molecule has 0 saturated heterocycles. The lowest BCUT2D eigenvalue weighted by Gasteiger charge is -2.17. The third-order valence-corrected chi connectivity index (χ3v) is 5.01. The van der Waals surface area contributed by atoms with Gasteiger partial charge < -0.3 is 19.8 Å². The molecule has 0 fully saturated rings. The minimum Gasteiger partial charge on any atom is -0.508 e. The average Bonchev–Trinajstić information content (AvgIpc) is 3.18. The molecule has 4 rings (SSSR count). The van der Waals surface area contributed by atoms with Gasteiger partial charge in [0, 0.05) is 36.0 Å². The first-order chi connectivity index (χ1) is 14.5. The number of nitrogens with one attached hydrogen (secondary N) is 1. The molecule has 7 nitrogen and oxygen atoms in total. The lowest BCUT2D eigenvalue weighted by molar-refractivity contribution is 0.0955. The molecule has 7 heteroatoms. The van der Waals surface area contributed by atoms with Crippen LogP contribution in [0.25, 0.3) is 0 Å². The Balaban J connectivity index is 1.42. The van der Waals surface area contributed by atoms with Crippen molar-refractivity contribution in [3.63, 3.8) is 0 Å². The van der Waals surface area contributed by atoms with Gasteiger partial charge in [0.25, 0.3) is 5.91 Å². The number of benzene rings is 3. The Morgan fingerprint density at radius 1 is 1.03 bits per heavy atom. The van der Waals surface area contributed by atoms with Gasteiger partial charge in [0.15, 0.2) is 0 Å². The van der Waals surface area contributed by atoms with E-state index in [0.29, 0.717) is 17.7 Å². The summed E-state index contributed by atoms with van der Waals surface area (Å²) in [5.74, 6) is 0.311. The van der Waals surface area contributed by atoms with Crippen LogP contribution in [0.4, 0.5) is 5.69 Å². The SMILES string of the molecule is COc1ccc(N2Cc3ccc(C(=O)N/N=C\c4ccc(O)cc4O)cc3C2)cc1. The maximum atomic E-state index is 12.4. The van der Waals surface area contributed by atoms with E-state index in [1.165, 1.54) is 30.0 Å². The van der Waals surface area contributed by atoms with Crippen molar-refractivity contribution in [2.24, 2.45) is 5.10 Å². The second-order valence-electron chi connectivity index (χ2n) is 6.98. The number of rotatable bonds is 5. The molecule has 1 aliphatic heterocycles. The molecule has 0 radical (unpaired) electrons. The van der Waals surface area contributed by atoms with Gasteiger partial charge in [-0.2, -0.15) is 5.10 Å². The van der Waals surface area contributed by atoms with Crippen molar-refractivity contribution in [2.75, 3.05) is 12.0 Å². The van der Waals surface area contributed by atoms with Gasteiger partial charge in [-0.1, -0.05) is 6.07 Å². The van der Waals surface area contributed by atoms with Crippen LogP contribution in [0.1, 0.15) is 27.0 Å². The topological polar surface area (TPSA) is 94.4 Å². The molecule has 3 N–H and O–H groups in total. The summed E-state index contributed by atoms with van der Waals surface area (Å²) in [7, 11) is 1.64. The second kappa shape index (κ2) is 8.16. The summed E-state index contributed by atoms with van der Waals surface area (Å²) < 4.78 is 5.21. The monoisotopic (exact) mass is 403 g/mol. The normalized spacial score (nSPS) is 12.8. The number of phenolic OH excluding ortho intramolecular Hbond substituents is 2. The predicted molar refractivity (Wildman–Crippen MR) is 114 cm³/mol. The first-order valence-corrected chi connectivity index (χ1v) is 9.39. The van der Waals surface area contributed by atoms with Crippen molar-refractivity contribution in [1.29, 1.82) is 0 Å². The van der Waals surface area contributed by atoms with E-state index in [9.17, 15) is 15.0 Å². The van der Waals surface area contributed by atoms with Gasteiger partial charge in [0.1, 0.15) is 17.2 Å². The highest BCUT2D eigenvalue weighted by Crippen LogP contribution is 2.30. The number of amides is 1. The molecule has 0 unspecified atom stereocenters. The smallest absolute Gasteiger partial charge is 0.271 e. The number of hydrazone groups is 1. The molecule has 0 aliphatic carbocycles. The van der Waals surface area contributed by atoms with Crippen LogP contribution in [0.15, 0.2) is 65.8 Å². The lowest BCUT2D eigenvalue weighted by Crippen LogP contribution is -2.18. The number of carbonyl (C=O) groups excluding carboxylic acids is 1. The van der Waals surface area contributed by atoms with Crippen LogP contribution in [-0.2, 0) is 13.1 Å². The van der Waals surface area contributed by atoms with Crippen molar-refractivity contribution < 1.29 is 19.7 Å². The highest BCUT2D eigenvalue weighted by atomic mass is 16.5. The standard InChI is InChI=1S/C23H21N3O4/c1-30-21-8-5-19(6-9-21)26-13-17-3-2-15(10-18(17)14-26)23(29)25-24-12-16-4-7-20(27)11-22(16)28/h2-12,27-28H,13-14H2,1H3,(H,25,29)/b24-12-. The Morgan fingerprint density at radius 2 is 1.80 bits per heavy atom. The molecule has 3 aromatic rings. The Hall–Kier alpha value is -4.00. The highest BCUT2D eigenvalue weighted by molar-refractivity contribution is 5.95. The molecule has 0 bridgehead atoms. The third kappa shape index (κ3) is 4.05. The van der Waals surface area contributed by atoms with Gasteiger partial charge in [0.2, 0.25) is 0 Å². The molecule has 0 aromatic heterocycles. The Bertz CT molecular complexity index is 1110. The van der Waals surface area contributed by atoms with E-state index in [4.69, 9.17) is 4.74 Å². The number of methoxy groups -OCH3 is 1. The zero-order valence-corrected chi connectivity index (χ0v) is 16.4. The summed E-state index contributed by atoms with van der Waals surface area (Å²) in [6.07, 6.45) is 1.32. The summed E-state index contributed by atoms with van der Waals surface area (Å²) in [6, 6.07) is 17.7. The fourth-order valence-corrected chi connectivity index (χ4v) is 3.38. The molecule has 0 saturated carbocycles. The van der Waals surface area contributed by atoms with E-state index in [1.807, 2.05) is 36.4 Å². The Labute approximate surface area is 173 Å². The fraction of sp³-hybridized carbons (Fsp3) is 0.130. The molecule has 1 aliphatic rings. The fourth-order valence-electron chi connectivity index (χ4n) is 3.38. The minimum atomic E-state index is -0.338. The summed E-state index contributed by atoms with van der Waals surface area (Å²) in [6.45, 7) is 1.50. The van der Waals surface area contributed by atoms with Crippen LogP contribution in [0, 0.1) is 0 Å². The number of hydrogen-bond donors (Lipinski definition) is 3. The number of fused-ring (bicyclic) bond motifs is 1. The van der Waals surface area contributed by atoms with E-state index < -0.39 is 0 Å². The predicted octanol–water partition coefficient (Wildman–Crippen LogP) is 3.39. The number of aromatic hydroxyl groups is 2. The molecule has 0 spiro atoms. The molecular formula is C23H21N3O4. The number of nitrogens with zero attached hydrogens (tertiary/aromatic N) is 2. The largest absolute Gasteiger partial charge is 0.508 e. The van der Waals surface area contributed by atoms with E-state index in [-0.39, 0.29) is 17.4 Å². The van der Waals surface area contributed by atoms with Gasteiger partial charge in [-0.15, -0.1) is 0 Å². The first kappa shape index (κ1) is 19.3. The average molecular weight is 403 g/mol. The third-order valence-electron chi connectivity index (χ3n) is 5.01. The summed E-state index contributed by atoms with van der Waals surface area (Å²) in [4.78, 5) is 14.7. The zero-order valence-electron chi connectivity index (χ0n) is 16.4. The van der Waals surface area contributed by atoms with Gasteiger partial charge in [0.05, 0.1) is 13.3 Å². The van der Waals surface area contributed by atoms with Gasteiger partial charge in [-0.25, -0.2) is 5.43 Å². The van der Waals surface area contributed by atoms with Crippen molar-refractivity contribution in [3.05, 3.63) is 82.9 Å². The lowest BCUT2D eigenvalue weighted by atomic mass is 10.1. The number of phenols is 2. The maximum Gasteiger partial charge on any atom is 0.271 e. The molecule has 30 heavy (non-hydrogen) atoms. The maximum absolute atomic E-state index is 12.4. The van der Waals surface area contributed by atoms with Crippen molar-refractivity contribution >= 4 is 17.8 Å². The van der Waals surface area contributed by atoms with Crippen LogP contribution in [-0.4, -0.2) is 29.4 Å². The van der Waals surface area contributed by atoms with Crippen LogP contribution in [0.3, 0.4) is 0 Å². The summed E-state index contributed by atoms with van der Waals surface area (Å²) in [5.41, 5.74) is 6.73. The van der Waals surface area contributed by atoms with Crippen molar-refractivity contribution in [1.82, 2.24) is 5.43 Å². The molecule has 3 aromatic carbocycles. The van der Waals surface area contributed by atoms with Gasteiger partial charge in [-0.05, 0) is 59.7 Å². The molecular weight excluding hydrogens is 382 g/mol. The van der Waals surface area contributed by atoms with Crippen LogP contribution >= 0.6 is 0 Å². The zero-order chi connectivity index (χ0) is 21.1. The quantitative estimate of drug-likeness (QED) is 0.448. The van der Waals surface area contributed by atoms with Crippen molar-refractivity contribution in [3.8, 4) is 17.2 Å². The highest BCUT2D eigenvalue weighted by Gasteiger charge is 2.20. The number of ether oxygens (including phenoxy) is 1. The molecule has 1 heterocycles. The summed E-state index contributed by atoms with van der Waals surface area (Å²) >= 11 is 0. The molecule has 1 amide bonds. The Morgan fingerprint density at radius 3 is 2.53 bits per heavy atom. The van der Waals surface area contributed by atoms with Crippen LogP contribution in [0.2, 0.25) is 0 Å². The molecule has 152 valence electrons. The summed E-state index contributed by atoms with van der Waals surface area (Å²) in [5, 5.41) is 23.0. The first-order valence-electron chi connectivity index (χ1n) is 9.39. The minimum absolute atomic E-state index is 0.0458. The van der Waals surface area contributed by atoms with E-state index in [0.717, 1.165) is 23.5 Å². The van der Waals surface area contributed by atoms with Crippen LogP contribution in [0.5, 0.6) is 17.2 Å². The van der Waals surface area contributed by atoms with Crippen LogP contribution < -0.4 is 15.1 Å².